The van der Waals surface area contributed by atoms with Crippen molar-refractivity contribution in [3.05, 3.63) is 36.0 Å². The molecule has 2 heterocycles. The second kappa shape index (κ2) is 7.46. The first kappa shape index (κ1) is 19.4. The number of hydrogen-bond donors (Lipinski definition) is 1. The lowest BCUT2D eigenvalue weighted by Crippen LogP contribution is -2.45. The molecule has 2 amide bonds. The fourth-order valence-corrected chi connectivity index (χ4v) is 4.50. The SMILES string of the molecule is C[C@@H](OC(=O)[C@H](C)N1C(=O)[C@H]2CCCC[C@H]2C1=O)C(=O)c1c[nH]c2ccccc12. The van der Waals surface area contributed by atoms with Gasteiger partial charge in [0.15, 0.2) is 6.10 Å². The molecule has 7 nitrogen and oxygen atoms in total. The van der Waals surface area contributed by atoms with Crippen LogP contribution in [0.1, 0.15) is 49.9 Å². The molecule has 1 aliphatic carbocycles. The van der Waals surface area contributed by atoms with Gasteiger partial charge in [0, 0.05) is 22.7 Å². The van der Waals surface area contributed by atoms with Crippen LogP contribution in [0.2, 0.25) is 0 Å². The second-order valence-corrected chi connectivity index (χ2v) is 7.91. The van der Waals surface area contributed by atoms with Gasteiger partial charge >= 0.3 is 5.97 Å². The quantitative estimate of drug-likeness (QED) is 0.476. The minimum Gasteiger partial charge on any atom is -0.453 e. The molecule has 0 radical (unpaired) electrons. The Kier molecular flexibility index (Phi) is 4.98. The number of H-pyrrole nitrogens is 1. The van der Waals surface area contributed by atoms with E-state index in [0.29, 0.717) is 18.4 Å². The number of aromatic amines is 1. The number of benzene rings is 1. The smallest absolute Gasteiger partial charge is 0.329 e. The standard InChI is InChI=1S/C22H24N2O5/c1-12(24-20(26)15-8-3-4-9-16(15)21(24)27)22(28)29-13(2)19(25)17-11-23-18-10-6-5-7-14(17)18/h5-7,10-13,15-16,23H,3-4,8-9H2,1-2H3/t12-,13+,15-,16+/m0/s1. The normalized spacial score (nSPS) is 23.7. The third-order valence-electron chi connectivity index (χ3n) is 6.12. The van der Waals surface area contributed by atoms with Crippen LogP contribution in [0.5, 0.6) is 0 Å². The zero-order chi connectivity index (χ0) is 20.7. The molecule has 2 aromatic rings. The number of Topliss-reactive ketones (excluding diaryl/α,β-unsaturated/α-hetero) is 1. The van der Waals surface area contributed by atoms with Crippen molar-refractivity contribution in [2.45, 2.75) is 51.7 Å². The van der Waals surface area contributed by atoms with Gasteiger partial charge in [-0.25, -0.2) is 4.79 Å². The van der Waals surface area contributed by atoms with E-state index in [-0.39, 0.29) is 29.4 Å². The van der Waals surface area contributed by atoms with E-state index in [1.165, 1.54) is 13.8 Å². The first-order chi connectivity index (χ1) is 13.9. The van der Waals surface area contributed by atoms with Gasteiger partial charge in [0.05, 0.1) is 11.8 Å². The Bertz CT molecular complexity index is 970. The fraction of sp³-hybridized carbons (Fsp3) is 0.455. The summed E-state index contributed by atoms with van der Waals surface area (Å²) in [7, 11) is 0. The van der Waals surface area contributed by atoms with Crippen molar-refractivity contribution in [1.29, 1.82) is 0 Å². The number of amides is 2. The van der Waals surface area contributed by atoms with E-state index < -0.39 is 18.1 Å². The number of carbonyl (C=O) groups excluding carboxylic acids is 4. The molecule has 4 rings (SSSR count). The molecular weight excluding hydrogens is 372 g/mol. The molecule has 0 bridgehead atoms. The third kappa shape index (κ3) is 3.24. The maximum absolute atomic E-state index is 12.8. The highest BCUT2D eigenvalue weighted by molar-refractivity contribution is 6.11. The fourth-order valence-electron chi connectivity index (χ4n) is 4.50. The number of ketones is 1. The minimum atomic E-state index is -1.04. The molecule has 0 spiro atoms. The summed E-state index contributed by atoms with van der Waals surface area (Å²) < 4.78 is 5.36. The Labute approximate surface area is 168 Å². The average molecular weight is 396 g/mol. The molecule has 1 saturated carbocycles. The van der Waals surface area contributed by atoms with Gasteiger partial charge in [0.25, 0.3) is 0 Å². The molecule has 1 aliphatic heterocycles. The molecule has 1 saturated heterocycles. The number of esters is 1. The Morgan fingerprint density at radius 3 is 2.34 bits per heavy atom. The Morgan fingerprint density at radius 2 is 1.69 bits per heavy atom. The number of nitrogens with one attached hydrogen (secondary N) is 1. The molecule has 1 aromatic carbocycles. The topological polar surface area (TPSA) is 96.5 Å². The average Bonchev–Trinajstić information content (AvgIpc) is 3.26. The van der Waals surface area contributed by atoms with Crippen molar-refractivity contribution in [2.75, 3.05) is 0 Å². The number of imide groups is 1. The first-order valence-corrected chi connectivity index (χ1v) is 10.1. The van der Waals surface area contributed by atoms with Crippen molar-refractivity contribution in [1.82, 2.24) is 9.88 Å². The van der Waals surface area contributed by atoms with Gasteiger partial charge in [-0.2, -0.15) is 0 Å². The number of likely N-dealkylation sites (tertiary alicyclic amines) is 1. The Morgan fingerprint density at radius 1 is 1.07 bits per heavy atom. The number of nitrogens with zero attached hydrogens (tertiary/aromatic N) is 1. The van der Waals surface area contributed by atoms with Crippen LogP contribution in [0.15, 0.2) is 30.5 Å². The summed E-state index contributed by atoms with van der Waals surface area (Å²) in [6, 6.07) is 6.32. The van der Waals surface area contributed by atoms with Crippen LogP contribution < -0.4 is 0 Å². The first-order valence-electron chi connectivity index (χ1n) is 10.1. The van der Waals surface area contributed by atoms with Crippen LogP contribution in [0.4, 0.5) is 0 Å². The molecule has 1 N–H and O–H groups in total. The van der Waals surface area contributed by atoms with Crippen LogP contribution in [-0.2, 0) is 19.1 Å². The maximum Gasteiger partial charge on any atom is 0.329 e. The van der Waals surface area contributed by atoms with Crippen LogP contribution in [0.3, 0.4) is 0 Å². The van der Waals surface area contributed by atoms with Crippen LogP contribution >= 0.6 is 0 Å². The van der Waals surface area contributed by atoms with E-state index in [4.69, 9.17) is 4.74 Å². The van der Waals surface area contributed by atoms with Crippen molar-refractivity contribution in [2.24, 2.45) is 11.8 Å². The number of para-hydroxylation sites is 1. The van der Waals surface area contributed by atoms with Gasteiger partial charge in [-0.05, 0) is 32.8 Å². The van der Waals surface area contributed by atoms with Gasteiger partial charge in [-0.1, -0.05) is 31.0 Å². The molecule has 1 aromatic heterocycles. The zero-order valence-corrected chi connectivity index (χ0v) is 16.5. The number of ether oxygens (including phenoxy) is 1. The van der Waals surface area contributed by atoms with Crippen LogP contribution in [0.25, 0.3) is 10.9 Å². The summed E-state index contributed by atoms with van der Waals surface area (Å²) in [5.74, 6) is -2.31. The zero-order valence-electron chi connectivity index (χ0n) is 16.5. The third-order valence-corrected chi connectivity index (χ3v) is 6.12. The number of carbonyl (C=O) groups is 4. The van der Waals surface area contributed by atoms with Crippen molar-refractivity contribution in [3.63, 3.8) is 0 Å². The largest absolute Gasteiger partial charge is 0.453 e. The molecule has 29 heavy (non-hydrogen) atoms. The van der Waals surface area contributed by atoms with Crippen LogP contribution in [-0.4, -0.2) is 45.6 Å². The lowest BCUT2D eigenvalue weighted by atomic mass is 9.81. The monoisotopic (exact) mass is 396 g/mol. The van der Waals surface area contributed by atoms with E-state index in [9.17, 15) is 19.2 Å². The molecule has 0 unspecified atom stereocenters. The Hall–Kier alpha value is -2.96. The van der Waals surface area contributed by atoms with E-state index in [1.807, 2.05) is 24.3 Å². The lowest BCUT2D eigenvalue weighted by Gasteiger charge is -2.23. The van der Waals surface area contributed by atoms with Gasteiger partial charge in [-0.3, -0.25) is 19.3 Å². The van der Waals surface area contributed by atoms with E-state index in [0.717, 1.165) is 28.6 Å². The highest BCUT2D eigenvalue weighted by Crippen LogP contribution is 2.39. The summed E-state index contributed by atoms with van der Waals surface area (Å²) in [5.41, 5.74) is 1.26. The number of fused-ring (bicyclic) bond motifs is 2. The number of aromatic nitrogens is 1. The van der Waals surface area contributed by atoms with Gasteiger partial charge < -0.3 is 9.72 Å². The lowest BCUT2D eigenvalue weighted by molar-refractivity contribution is -0.159. The summed E-state index contributed by atoms with van der Waals surface area (Å²) in [6.45, 7) is 2.99. The molecule has 2 fully saturated rings. The maximum atomic E-state index is 12.8. The van der Waals surface area contributed by atoms with Crippen LogP contribution in [0, 0.1) is 11.8 Å². The van der Waals surface area contributed by atoms with E-state index >= 15 is 0 Å². The summed E-state index contributed by atoms with van der Waals surface area (Å²) in [5, 5.41) is 0.752. The molecule has 152 valence electrons. The van der Waals surface area contributed by atoms with Crippen molar-refractivity contribution < 1.29 is 23.9 Å². The van der Waals surface area contributed by atoms with Crippen molar-refractivity contribution in [3.8, 4) is 0 Å². The minimum absolute atomic E-state index is 0.292. The predicted octanol–water partition coefficient (Wildman–Crippen LogP) is 2.85. The molecule has 4 atom stereocenters. The molecule has 7 heteroatoms. The Balaban J connectivity index is 1.46. The number of hydrogen-bond acceptors (Lipinski definition) is 5. The second-order valence-electron chi connectivity index (χ2n) is 7.91. The van der Waals surface area contributed by atoms with Gasteiger partial charge in [0.2, 0.25) is 17.6 Å². The number of rotatable bonds is 5. The summed E-state index contributed by atoms with van der Waals surface area (Å²) in [6.07, 6.45) is 3.77. The molecular formula is C22H24N2O5. The highest BCUT2D eigenvalue weighted by Gasteiger charge is 2.51. The van der Waals surface area contributed by atoms with Gasteiger partial charge in [0.1, 0.15) is 6.04 Å². The molecule has 2 aliphatic rings. The van der Waals surface area contributed by atoms with E-state index in [2.05, 4.69) is 4.98 Å². The summed E-state index contributed by atoms with van der Waals surface area (Å²) >= 11 is 0. The van der Waals surface area contributed by atoms with E-state index in [1.54, 1.807) is 6.20 Å². The predicted molar refractivity (Wildman–Crippen MR) is 105 cm³/mol. The summed E-state index contributed by atoms with van der Waals surface area (Å²) in [4.78, 5) is 54.9. The van der Waals surface area contributed by atoms with Crippen molar-refractivity contribution >= 4 is 34.5 Å². The highest BCUT2D eigenvalue weighted by atomic mass is 16.5. The van der Waals surface area contributed by atoms with Gasteiger partial charge in [-0.15, -0.1) is 0 Å².